The number of nitrogens with zero attached hydrogens (tertiary/aromatic N) is 1. The van der Waals surface area contributed by atoms with Gasteiger partial charge in [-0.3, -0.25) is 4.98 Å². The Hall–Kier alpha value is -9.50. The van der Waals surface area contributed by atoms with E-state index in [-0.39, 0.29) is 10.8 Å². The van der Waals surface area contributed by atoms with Crippen molar-refractivity contribution in [3.63, 3.8) is 0 Å². The molecule has 2 heteroatoms. The van der Waals surface area contributed by atoms with Crippen molar-refractivity contribution in [1.82, 2.24) is 4.98 Å². The third-order valence-corrected chi connectivity index (χ3v) is 16.4. The molecule has 0 aliphatic carbocycles. The molecule has 12 rings (SSSR count). The Bertz CT molecular complexity index is 4550. The first-order chi connectivity index (χ1) is 39.1. The fraction of sp³-hybridized carbons (Fsp3) is 0.114. The second-order valence-corrected chi connectivity index (χ2v) is 23.7. The quantitative estimate of drug-likeness (QED) is 0.0739. The van der Waals surface area contributed by atoms with Crippen molar-refractivity contribution in [3.05, 3.63) is 295 Å². The van der Waals surface area contributed by atoms with Crippen molar-refractivity contribution in [2.45, 2.75) is 53.4 Å². The van der Waals surface area contributed by atoms with Gasteiger partial charge in [-0.1, -0.05) is 249 Å². The number of hydrogen-bond donors (Lipinski definition) is 1. The number of nitrogens with one attached hydrogen (secondary N) is 1. The number of allylic oxidation sites excluding steroid dienone is 7. The third-order valence-electron chi connectivity index (χ3n) is 16.4. The Balaban J connectivity index is 1.11. The smallest absolute Gasteiger partial charge is 0.0705 e. The maximum Gasteiger partial charge on any atom is 0.0705 e. The van der Waals surface area contributed by atoms with Crippen LogP contribution < -0.4 is 0 Å². The first-order valence-electron chi connectivity index (χ1n) is 28.1. The van der Waals surface area contributed by atoms with Gasteiger partial charge in [-0.2, -0.15) is 0 Å². The highest BCUT2D eigenvalue weighted by Crippen LogP contribution is 2.46. The van der Waals surface area contributed by atoms with Gasteiger partial charge in [0, 0.05) is 11.8 Å². The Morgan fingerprint density at radius 3 is 1.54 bits per heavy atom. The van der Waals surface area contributed by atoms with Gasteiger partial charge in [0.1, 0.15) is 0 Å². The molecule has 0 spiro atoms. The summed E-state index contributed by atoms with van der Waals surface area (Å²) in [7, 11) is 0. The van der Waals surface area contributed by atoms with Crippen LogP contribution in [0.3, 0.4) is 0 Å². The number of aromatic nitrogens is 1. The lowest BCUT2D eigenvalue weighted by Crippen LogP contribution is -2.11. The number of hydrogen-bond acceptors (Lipinski definition) is 2. The molecule has 0 unspecified atom stereocenters. The predicted octanol–water partition coefficient (Wildman–Crippen LogP) is 21.7. The second kappa shape index (κ2) is 20.9. The predicted molar refractivity (Wildman–Crippen MR) is 352 cm³/mol. The third kappa shape index (κ3) is 9.82. The second-order valence-electron chi connectivity index (χ2n) is 23.7. The van der Waals surface area contributed by atoms with E-state index in [0.29, 0.717) is 17.7 Å². The lowest BCUT2D eigenvalue weighted by molar-refractivity contribution is 0.518. The molecule has 0 aliphatic rings. The molecule has 0 saturated heterocycles. The highest BCUT2D eigenvalue weighted by atomic mass is 14.7. The molecule has 392 valence electrons. The van der Waals surface area contributed by atoms with Crippen LogP contribution in [0.2, 0.25) is 0 Å². The van der Waals surface area contributed by atoms with Gasteiger partial charge >= 0.3 is 0 Å². The van der Waals surface area contributed by atoms with Crippen LogP contribution >= 0.6 is 0 Å². The molecule has 11 aromatic carbocycles. The first-order valence-corrected chi connectivity index (χ1v) is 28.1. The molecule has 0 fully saturated rings. The molecule has 0 aliphatic heterocycles. The molecule has 1 N–H and O–H groups in total. The van der Waals surface area contributed by atoms with E-state index in [1.807, 2.05) is 18.3 Å². The van der Waals surface area contributed by atoms with Gasteiger partial charge in [0.2, 0.25) is 0 Å². The van der Waals surface area contributed by atoms with E-state index >= 15 is 0 Å². The van der Waals surface area contributed by atoms with Gasteiger partial charge in [0.15, 0.2) is 0 Å². The normalized spacial score (nSPS) is 12.5. The largest absolute Gasteiger partial charge is 0.300 e. The van der Waals surface area contributed by atoms with E-state index in [9.17, 15) is 5.41 Å². The average Bonchev–Trinajstić information content (AvgIpc) is 3.68. The minimum atomic E-state index is -0.210. The lowest BCUT2D eigenvalue weighted by atomic mass is 9.81. The minimum Gasteiger partial charge on any atom is -0.300 e. The van der Waals surface area contributed by atoms with E-state index in [1.165, 1.54) is 70.4 Å². The molecule has 81 heavy (non-hydrogen) atoms. The highest BCUT2D eigenvalue weighted by Gasteiger charge is 2.23. The van der Waals surface area contributed by atoms with Gasteiger partial charge in [-0.05, 0) is 197 Å². The van der Waals surface area contributed by atoms with Crippen molar-refractivity contribution < 1.29 is 0 Å². The Morgan fingerprint density at radius 2 is 0.988 bits per heavy atom. The zero-order valence-electron chi connectivity index (χ0n) is 47.3. The highest BCUT2D eigenvalue weighted by molar-refractivity contribution is 6.27. The monoisotopic (exact) mass is 1040 g/mol. The van der Waals surface area contributed by atoms with Crippen LogP contribution in [0.1, 0.15) is 69.4 Å². The number of rotatable bonds is 12. The summed E-state index contributed by atoms with van der Waals surface area (Å²) >= 11 is 0. The molecule has 0 amide bonds. The SMILES string of the molecule is C=C/C(=C\C(=N)C(=C)/C=C(\C(=C)c1cccc(-c2ccc(-c3cc(C(C)(C)C)ccn3)cc2-c2ccc3c4ccccc4c4ccccc4c3c2)c1Cc1ccccc1)c1ccc2c3ccccc3c3ccccc3c2c1)C(C)(C)C. The molecule has 0 saturated carbocycles. The number of pyridine rings is 1. The zero-order valence-corrected chi connectivity index (χ0v) is 47.3. The van der Waals surface area contributed by atoms with Crippen LogP contribution in [0.4, 0.5) is 0 Å². The molecule has 0 radical (unpaired) electrons. The van der Waals surface area contributed by atoms with E-state index in [2.05, 4.69) is 273 Å². The standard InChI is InChI=1S/C79H66N2/c1-10-56(78(4,5)6)48-76(80)50(2)43-71(53-35-38-69-63-29-16-14-25-59(63)61-27-18-20-31-65(61)74(69)45-53)51(3)58-33-22-34-67(73(58)44-52-23-12-11-13-24-52)68-40-37-55(77-49-57(41-42-81-77)79(7,8)9)47-72(68)54-36-39-70-64-30-17-15-26-60(64)62-28-19-21-32-66(62)75(70)46-54/h10-43,45-49,80H,1-3,44H2,4-9H3/b56-48+,71-43+,80-76?. The van der Waals surface area contributed by atoms with Crippen LogP contribution in [-0.4, -0.2) is 10.7 Å². The van der Waals surface area contributed by atoms with Crippen LogP contribution in [0.25, 0.3) is 109 Å². The molecule has 12 aromatic rings. The van der Waals surface area contributed by atoms with Crippen molar-refractivity contribution in [3.8, 4) is 33.5 Å². The summed E-state index contributed by atoms with van der Waals surface area (Å²) in [6.45, 7) is 27.0. The summed E-state index contributed by atoms with van der Waals surface area (Å²) in [5, 5.41) is 24.1. The summed E-state index contributed by atoms with van der Waals surface area (Å²) in [6.07, 6.45) is 8.44. The Morgan fingerprint density at radius 1 is 0.469 bits per heavy atom. The molecule has 0 bridgehead atoms. The van der Waals surface area contributed by atoms with Crippen LogP contribution in [0.5, 0.6) is 0 Å². The van der Waals surface area contributed by atoms with E-state index in [0.717, 1.165) is 72.3 Å². The van der Waals surface area contributed by atoms with E-state index < -0.39 is 0 Å². The van der Waals surface area contributed by atoms with Crippen molar-refractivity contribution in [2.75, 3.05) is 0 Å². The summed E-state index contributed by atoms with van der Waals surface area (Å²) in [5.74, 6) is 0. The zero-order chi connectivity index (χ0) is 56.2. The topological polar surface area (TPSA) is 36.7 Å². The maximum absolute atomic E-state index is 9.54. The van der Waals surface area contributed by atoms with Gasteiger partial charge in [0.05, 0.1) is 11.4 Å². The summed E-state index contributed by atoms with van der Waals surface area (Å²) < 4.78 is 0. The molecular weight excluding hydrogens is 977 g/mol. The minimum absolute atomic E-state index is 0.0512. The first kappa shape index (κ1) is 52.2. The summed E-state index contributed by atoms with van der Waals surface area (Å²) in [4.78, 5) is 5.01. The lowest BCUT2D eigenvalue weighted by Gasteiger charge is -2.23. The van der Waals surface area contributed by atoms with Crippen LogP contribution in [-0.2, 0) is 11.8 Å². The van der Waals surface area contributed by atoms with Crippen molar-refractivity contribution in [2.24, 2.45) is 5.41 Å². The Kier molecular flexibility index (Phi) is 13.5. The average molecular weight is 1040 g/mol. The van der Waals surface area contributed by atoms with Crippen molar-refractivity contribution in [1.29, 1.82) is 5.41 Å². The van der Waals surface area contributed by atoms with Gasteiger partial charge in [-0.15, -0.1) is 0 Å². The molecule has 1 heterocycles. The van der Waals surface area contributed by atoms with Gasteiger partial charge < -0.3 is 5.41 Å². The van der Waals surface area contributed by atoms with Crippen molar-refractivity contribution >= 4 is 81.5 Å². The van der Waals surface area contributed by atoms with E-state index in [1.54, 1.807) is 0 Å². The van der Waals surface area contributed by atoms with Gasteiger partial charge in [-0.25, -0.2) is 0 Å². The molecule has 2 nitrogen and oxygen atoms in total. The fourth-order valence-electron chi connectivity index (χ4n) is 12.1. The fourth-order valence-corrected chi connectivity index (χ4v) is 12.1. The maximum atomic E-state index is 9.54. The molecule has 1 aromatic heterocycles. The summed E-state index contributed by atoms with van der Waals surface area (Å²) in [6, 6.07) is 77.7. The number of fused-ring (bicyclic) bond motifs is 12. The molecule has 0 atom stereocenters. The van der Waals surface area contributed by atoms with E-state index in [4.69, 9.17) is 11.6 Å². The molecular formula is C79H66N2. The van der Waals surface area contributed by atoms with Crippen LogP contribution in [0.15, 0.2) is 268 Å². The summed E-state index contributed by atoms with van der Waals surface area (Å²) in [5.41, 5.74) is 15.4. The number of benzene rings is 11. The van der Waals surface area contributed by atoms with Crippen LogP contribution in [0, 0.1) is 10.8 Å². The van der Waals surface area contributed by atoms with Gasteiger partial charge in [0.25, 0.3) is 0 Å². The Labute approximate surface area is 477 Å².